The van der Waals surface area contributed by atoms with Gasteiger partial charge in [0.25, 0.3) is 16.6 Å². The maximum Gasteiger partial charge on any atom is 0.258 e. The minimum Gasteiger partial charge on any atom is -0.541 e. The van der Waals surface area contributed by atoms with Crippen LogP contribution < -0.4 is 0 Å². The van der Waals surface area contributed by atoms with Crippen LogP contribution in [0, 0.1) is 0 Å². The van der Waals surface area contributed by atoms with E-state index in [1.54, 1.807) is 12.5 Å². The first-order chi connectivity index (χ1) is 17.2. The van der Waals surface area contributed by atoms with Crippen LogP contribution in [-0.2, 0) is 8.85 Å². The minimum absolute atomic E-state index is 0. The summed E-state index contributed by atoms with van der Waals surface area (Å²) in [4.78, 5) is 0. The van der Waals surface area contributed by atoms with E-state index >= 15 is 0 Å². The standard InChI is InChI=1S/C15H25ClO2Si.C15H26O2Si.2CH4/c1-11(2)19(12(3)4,13(5)6)18-15(10-16)14-8-7-9-17-14;1-11(2)18(12(3)4,13(5)6)17-14(7)15-9-8-10-16-15;;/h7-13H,1-6H3;8-13H,7H2,1-6H3;2*1H4/b15-10-;;;. The molecule has 0 N–H and O–H groups in total. The van der Waals surface area contributed by atoms with Crippen LogP contribution in [0.1, 0.15) is 109 Å². The van der Waals surface area contributed by atoms with Crippen molar-refractivity contribution in [1.29, 1.82) is 0 Å². The molecular weight excluding hydrogens is 540 g/mol. The van der Waals surface area contributed by atoms with Gasteiger partial charge in [-0.25, -0.2) is 0 Å². The molecule has 4 nitrogen and oxygen atoms in total. The summed E-state index contributed by atoms with van der Waals surface area (Å²) in [7, 11) is -3.89. The van der Waals surface area contributed by atoms with Gasteiger partial charge in [-0.15, -0.1) is 0 Å². The Labute approximate surface area is 248 Å². The van der Waals surface area contributed by atoms with Gasteiger partial charge in [-0.2, -0.15) is 0 Å². The van der Waals surface area contributed by atoms with Gasteiger partial charge in [0.05, 0.1) is 12.5 Å². The lowest BCUT2D eigenvalue weighted by Gasteiger charge is -2.42. The van der Waals surface area contributed by atoms with E-state index in [4.69, 9.17) is 29.3 Å². The van der Waals surface area contributed by atoms with Gasteiger partial charge in [-0.05, 0) is 57.5 Å². The molecule has 0 radical (unpaired) electrons. The van der Waals surface area contributed by atoms with E-state index in [1.165, 1.54) is 5.54 Å². The highest BCUT2D eigenvalue weighted by Crippen LogP contribution is 2.46. The summed E-state index contributed by atoms with van der Waals surface area (Å²) in [6.45, 7) is 31.1. The number of rotatable bonds is 12. The van der Waals surface area contributed by atoms with Crippen LogP contribution in [0.25, 0.3) is 11.5 Å². The summed E-state index contributed by atoms with van der Waals surface area (Å²) >= 11 is 5.95. The molecule has 0 aromatic carbocycles. The molecule has 0 unspecified atom stereocenters. The molecule has 0 aliphatic heterocycles. The van der Waals surface area contributed by atoms with E-state index in [-0.39, 0.29) is 14.9 Å². The number of halogens is 1. The average Bonchev–Trinajstić information content (AvgIpc) is 3.51. The molecule has 0 amide bonds. The van der Waals surface area contributed by atoms with Gasteiger partial charge in [-0.1, -0.05) is 116 Å². The molecule has 0 bridgehead atoms. The lowest BCUT2D eigenvalue weighted by Crippen LogP contribution is -2.47. The Morgan fingerprint density at radius 2 is 1.00 bits per heavy atom. The second-order valence-corrected chi connectivity index (χ2v) is 22.7. The van der Waals surface area contributed by atoms with Crippen LogP contribution in [0.15, 0.2) is 57.7 Å². The monoisotopic (exact) mass is 598 g/mol. The Balaban J connectivity index is 0. The van der Waals surface area contributed by atoms with Crippen LogP contribution in [0.5, 0.6) is 0 Å². The van der Waals surface area contributed by atoms with Crippen molar-refractivity contribution >= 4 is 39.8 Å². The zero-order valence-electron chi connectivity index (χ0n) is 25.2. The third kappa shape index (κ3) is 9.19. The second-order valence-electron chi connectivity index (χ2n) is 11.7. The molecule has 7 heteroatoms. The van der Waals surface area contributed by atoms with E-state index in [0.717, 1.165) is 5.76 Å². The van der Waals surface area contributed by atoms with Gasteiger partial charge >= 0.3 is 0 Å². The second kappa shape index (κ2) is 17.2. The minimum atomic E-state index is -1.98. The van der Waals surface area contributed by atoms with Crippen molar-refractivity contribution in [3.8, 4) is 0 Å². The third-order valence-corrected chi connectivity index (χ3v) is 19.9. The predicted octanol–water partition coefficient (Wildman–Crippen LogP) is 12.7. The Hall–Kier alpha value is -1.64. The van der Waals surface area contributed by atoms with Gasteiger partial charge in [0.2, 0.25) is 0 Å². The molecule has 2 heterocycles. The first-order valence-electron chi connectivity index (χ1n) is 13.6. The molecule has 0 fully saturated rings. The largest absolute Gasteiger partial charge is 0.541 e. The zero-order chi connectivity index (χ0) is 28.6. The lowest BCUT2D eigenvalue weighted by molar-refractivity contribution is 0.419. The number of furan rings is 2. The van der Waals surface area contributed by atoms with Crippen LogP contribution in [0.2, 0.25) is 33.2 Å². The molecule has 0 atom stereocenters. The predicted molar refractivity (Wildman–Crippen MR) is 178 cm³/mol. The van der Waals surface area contributed by atoms with E-state index in [2.05, 4.69) is 89.7 Å². The summed E-state index contributed by atoms with van der Waals surface area (Å²) in [6, 6.07) is 7.51. The fourth-order valence-corrected chi connectivity index (χ4v) is 16.9. The van der Waals surface area contributed by atoms with Crippen molar-refractivity contribution in [3.63, 3.8) is 0 Å². The van der Waals surface area contributed by atoms with Crippen LogP contribution in [-0.4, -0.2) is 16.6 Å². The summed E-state index contributed by atoms with van der Waals surface area (Å²) in [6.07, 6.45) is 3.30. The molecule has 0 aliphatic rings. The van der Waals surface area contributed by atoms with Gasteiger partial charge in [0.15, 0.2) is 17.3 Å². The highest BCUT2D eigenvalue weighted by molar-refractivity contribution is 6.78. The normalized spacial score (nSPS) is 12.4. The summed E-state index contributed by atoms with van der Waals surface area (Å²) in [5, 5.41) is 0. The molecule has 39 heavy (non-hydrogen) atoms. The topological polar surface area (TPSA) is 44.7 Å². The first kappa shape index (κ1) is 39.5. The lowest BCUT2D eigenvalue weighted by atomic mass is 10.4. The average molecular weight is 599 g/mol. The smallest absolute Gasteiger partial charge is 0.258 e. The molecule has 0 aliphatic carbocycles. The Kier molecular flexibility index (Phi) is 17.5. The Bertz CT molecular complexity index is 899. The van der Waals surface area contributed by atoms with E-state index < -0.39 is 16.6 Å². The van der Waals surface area contributed by atoms with Gasteiger partial charge < -0.3 is 17.7 Å². The van der Waals surface area contributed by atoms with Crippen molar-refractivity contribution in [2.45, 2.75) is 131 Å². The molecule has 226 valence electrons. The molecule has 2 aromatic heterocycles. The fraction of sp³-hybridized carbons (Fsp3) is 0.625. The van der Waals surface area contributed by atoms with Crippen molar-refractivity contribution < 1.29 is 17.7 Å². The quantitative estimate of drug-likeness (QED) is 0.180. The van der Waals surface area contributed by atoms with E-state index in [1.807, 2.05) is 24.3 Å². The Morgan fingerprint density at radius 1 is 0.667 bits per heavy atom. The molecule has 0 saturated carbocycles. The van der Waals surface area contributed by atoms with Crippen LogP contribution >= 0.6 is 11.6 Å². The van der Waals surface area contributed by atoms with Crippen molar-refractivity contribution in [1.82, 2.24) is 0 Å². The van der Waals surface area contributed by atoms with Crippen molar-refractivity contribution in [3.05, 3.63) is 60.4 Å². The maximum absolute atomic E-state index is 6.49. The van der Waals surface area contributed by atoms with Crippen LogP contribution in [0.3, 0.4) is 0 Å². The summed E-state index contributed by atoms with van der Waals surface area (Å²) in [5.41, 5.74) is 4.66. The first-order valence-corrected chi connectivity index (χ1v) is 18.3. The SMILES string of the molecule is C.C.C=C(O[Si](C(C)C)(C(C)C)C(C)C)c1ccco1.CC(C)[Si](O/C(=C\Cl)c1ccco1)(C(C)C)C(C)C. The highest BCUT2D eigenvalue weighted by Gasteiger charge is 2.48. The van der Waals surface area contributed by atoms with E-state index in [0.29, 0.717) is 50.5 Å². The molecule has 0 spiro atoms. The summed E-state index contributed by atoms with van der Waals surface area (Å²) < 4.78 is 23.7. The van der Waals surface area contributed by atoms with Gasteiger partial charge in [0.1, 0.15) is 5.76 Å². The van der Waals surface area contributed by atoms with Gasteiger partial charge in [0, 0.05) is 5.54 Å². The Morgan fingerprint density at radius 3 is 1.28 bits per heavy atom. The third-order valence-electron chi connectivity index (χ3n) is 7.66. The van der Waals surface area contributed by atoms with Gasteiger partial charge in [-0.3, -0.25) is 0 Å². The molecule has 2 rings (SSSR count). The van der Waals surface area contributed by atoms with Crippen molar-refractivity contribution in [2.75, 3.05) is 0 Å². The maximum atomic E-state index is 6.49. The molecule has 0 saturated heterocycles. The molecule has 2 aromatic rings. The van der Waals surface area contributed by atoms with Crippen LogP contribution in [0.4, 0.5) is 0 Å². The van der Waals surface area contributed by atoms with E-state index in [9.17, 15) is 0 Å². The number of hydrogen-bond donors (Lipinski definition) is 0. The molecular formula is C32H59ClO4Si2. The highest BCUT2D eigenvalue weighted by atomic mass is 35.5. The zero-order valence-corrected chi connectivity index (χ0v) is 28.0. The fourth-order valence-electron chi connectivity index (χ4n) is 6.14. The number of hydrogen-bond acceptors (Lipinski definition) is 4. The summed E-state index contributed by atoms with van der Waals surface area (Å²) in [5.74, 6) is 2.79. The van der Waals surface area contributed by atoms with Crippen molar-refractivity contribution in [2.24, 2.45) is 0 Å².